The fraction of sp³-hybridized carbons (Fsp3) is 0.591. The van der Waals surface area contributed by atoms with Crippen molar-refractivity contribution >= 4 is 38.6 Å². The van der Waals surface area contributed by atoms with Gasteiger partial charge in [0.1, 0.15) is 11.9 Å². The Kier molecular flexibility index (Phi) is 6.59. The van der Waals surface area contributed by atoms with Gasteiger partial charge in [0.15, 0.2) is 5.58 Å². The topological polar surface area (TPSA) is 94.2 Å². The predicted molar refractivity (Wildman–Crippen MR) is 119 cm³/mol. The number of amides is 1. The van der Waals surface area contributed by atoms with E-state index in [1.54, 1.807) is 19.2 Å². The van der Waals surface area contributed by atoms with Crippen molar-refractivity contribution in [2.75, 3.05) is 25.0 Å². The molecule has 1 saturated heterocycles. The SMILES string of the molecule is CC(=O)NCC1CCCN(C2CCC(Nc3ncc4oc(C#N)cc4c3Br)CC2)C1. The van der Waals surface area contributed by atoms with Crippen LogP contribution in [0.15, 0.2) is 21.2 Å². The Hall–Kier alpha value is -2.11. The first kappa shape index (κ1) is 21.1. The largest absolute Gasteiger partial charge is 0.444 e. The van der Waals surface area contributed by atoms with Gasteiger partial charge in [0.05, 0.1) is 10.7 Å². The number of furan rings is 1. The van der Waals surface area contributed by atoms with E-state index in [9.17, 15) is 4.79 Å². The van der Waals surface area contributed by atoms with E-state index in [2.05, 4.69) is 36.4 Å². The van der Waals surface area contributed by atoms with E-state index in [0.717, 1.165) is 41.6 Å². The molecule has 1 atom stereocenters. The molecule has 160 valence electrons. The number of hydrogen-bond donors (Lipinski definition) is 2. The lowest BCUT2D eigenvalue weighted by atomic mass is 9.87. The van der Waals surface area contributed by atoms with Crippen molar-refractivity contribution in [2.45, 2.75) is 57.5 Å². The van der Waals surface area contributed by atoms with Gasteiger partial charge in [-0.1, -0.05) is 0 Å². The lowest BCUT2D eigenvalue weighted by Gasteiger charge is -2.41. The van der Waals surface area contributed by atoms with Crippen LogP contribution in [0.2, 0.25) is 0 Å². The summed E-state index contributed by atoms with van der Waals surface area (Å²) in [5.41, 5.74) is 0.617. The van der Waals surface area contributed by atoms with Gasteiger partial charge in [-0.2, -0.15) is 5.26 Å². The standard InChI is InChI=1S/C22H28BrN5O2/c1-14(29)25-11-15-3-2-8-28(13-15)17-6-4-16(5-7-17)27-22-21(23)19-9-18(10-24)30-20(19)12-26-22/h9,12,15-17H,2-8,11,13H2,1H3,(H,25,29)(H,26,27). The number of fused-ring (bicyclic) bond motifs is 1. The number of aromatic nitrogens is 1. The van der Waals surface area contributed by atoms with Gasteiger partial charge < -0.3 is 20.0 Å². The lowest BCUT2D eigenvalue weighted by Crippen LogP contribution is -2.47. The van der Waals surface area contributed by atoms with Crippen LogP contribution in [0.25, 0.3) is 11.0 Å². The summed E-state index contributed by atoms with van der Waals surface area (Å²) in [5.74, 6) is 1.74. The second-order valence-corrected chi connectivity index (χ2v) is 9.30. The Morgan fingerprint density at radius 3 is 2.90 bits per heavy atom. The molecule has 1 unspecified atom stereocenters. The minimum Gasteiger partial charge on any atom is -0.444 e. The average molecular weight is 474 g/mol. The summed E-state index contributed by atoms with van der Waals surface area (Å²) in [6, 6.07) is 4.81. The summed E-state index contributed by atoms with van der Waals surface area (Å²) >= 11 is 3.62. The number of nitriles is 1. The van der Waals surface area contributed by atoms with Crippen LogP contribution in [0, 0.1) is 17.2 Å². The summed E-state index contributed by atoms with van der Waals surface area (Å²) < 4.78 is 6.30. The number of rotatable bonds is 5. The molecule has 3 heterocycles. The second kappa shape index (κ2) is 9.36. The summed E-state index contributed by atoms with van der Waals surface area (Å²) in [6.45, 7) is 4.65. The lowest BCUT2D eigenvalue weighted by molar-refractivity contribution is -0.119. The Bertz CT molecular complexity index is 945. The van der Waals surface area contributed by atoms with Crippen molar-refractivity contribution in [3.8, 4) is 6.07 Å². The fourth-order valence-electron chi connectivity index (χ4n) is 4.80. The first-order valence-electron chi connectivity index (χ1n) is 10.8. The Morgan fingerprint density at radius 2 is 2.17 bits per heavy atom. The number of carbonyl (C=O) groups is 1. The van der Waals surface area contributed by atoms with Crippen molar-refractivity contribution < 1.29 is 9.21 Å². The molecule has 8 heteroatoms. The second-order valence-electron chi connectivity index (χ2n) is 8.51. The first-order valence-corrected chi connectivity index (χ1v) is 11.6. The third-order valence-corrected chi connectivity index (χ3v) is 7.17. The van der Waals surface area contributed by atoms with Crippen LogP contribution in [0.1, 0.15) is 51.2 Å². The zero-order valence-corrected chi connectivity index (χ0v) is 18.9. The number of hydrogen-bond acceptors (Lipinski definition) is 6. The molecule has 1 aliphatic carbocycles. The van der Waals surface area contributed by atoms with E-state index in [1.807, 2.05) is 6.07 Å². The van der Waals surface area contributed by atoms with Crippen LogP contribution in [-0.4, -0.2) is 47.5 Å². The number of halogens is 1. The van der Waals surface area contributed by atoms with Crippen LogP contribution in [-0.2, 0) is 4.79 Å². The maximum absolute atomic E-state index is 11.2. The van der Waals surface area contributed by atoms with Crippen LogP contribution >= 0.6 is 15.9 Å². The number of nitrogens with one attached hydrogen (secondary N) is 2. The molecular weight excluding hydrogens is 446 g/mol. The molecule has 2 fully saturated rings. The molecule has 1 saturated carbocycles. The highest BCUT2D eigenvalue weighted by Crippen LogP contribution is 2.34. The molecule has 0 spiro atoms. The van der Waals surface area contributed by atoms with Crippen molar-refractivity contribution in [3.05, 3.63) is 22.5 Å². The summed E-state index contributed by atoms with van der Waals surface area (Å²) in [7, 11) is 0. The Balaban J connectivity index is 1.32. The van der Waals surface area contributed by atoms with Gasteiger partial charge in [-0.25, -0.2) is 4.98 Å². The van der Waals surface area contributed by atoms with E-state index in [1.165, 1.54) is 32.2 Å². The molecule has 1 amide bonds. The molecule has 1 aliphatic heterocycles. The maximum Gasteiger partial charge on any atom is 0.216 e. The third-order valence-electron chi connectivity index (χ3n) is 6.37. The Labute approximate surface area is 185 Å². The van der Waals surface area contributed by atoms with Gasteiger partial charge in [0.25, 0.3) is 0 Å². The molecular formula is C22H28BrN5O2. The normalized spacial score (nSPS) is 25.0. The van der Waals surface area contributed by atoms with Crippen LogP contribution in [0.3, 0.4) is 0 Å². The zero-order valence-electron chi connectivity index (χ0n) is 17.3. The van der Waals surface area contributed by atoms with Gasteiger partial charge in [-0.15, -0.1) is 0 Å². The number of carbonyl (C=O) groups excluding carboxylic acids is 1. The molecule has 0 radical (unpaired) electrons. The molecule has 30 heavy (non-hydrogen) atoms. The molecule has 0 aromatic carbocycles. The zero-order chi connectivity index (χ0) is 21.1. The molecule has 2 aromatic heterocycles. The summed E-state index contributed by atoms with van der Waals surface area (Å²) in [4.78, 5) is 18.3. The van der Waals surface area contributed by atoms with Crippen LogP contribution in [0.4, 0.5) is 5.82 Å². The molecule has 2 N–H and O–H groups in total. The highest BCUT2D eigenvalue weighted by molar-refractivity contribution is 9.10. The minimum absolute atomic E-state index is 0.0657. The maximum atomic E-state index is 11.2. The van der Waals surface area contributed by atoms with Crippen LogP contribution < -0.4 is 10.6 Å². The van der Waals surface area contributed by atoms with E-state index >= 15 is 0 Å². The molecule has 7 nitrogen and oxygen atoms in total. The molecule has 0 bridgehead atoms. The predicted octanol–water partition coefficient (Wildman–Crippen LogP) is 4.03. The summed E-state index contributed by atoms with van der Waals surface area (Å²) in [6.07, 6.45) is 8.67. The monoisotopic (exact) mass is 473 g/mol. The van der Waals surface area contributed by atoms with E-state index in [4.69, 9.17) is 9.68 Å². The van der Waals surface area contributed by atoms with Gasteiger partial charge in [0, 0.05) is 43.5 Å². The van der Waals surface area contributed by atoms with E-state index < -0.39 is 0 Å². The minimum atomic E-state index is 0.0657. The number of nitrogens with zero attached hydrogens (tertiary/aromatic N) is 3. The van der Waals surface area contributed by atoms with Gasteiger partial charge >= 0.3 is 0 Å². The molecule has 2 aromatic rings. The van der Waals surface area contributed by atoms with Crippen molar-refractivity contribution in [3.63, 3.8) is 0 Å². The van der Waals surface area contributed by atoms with Crippen molar-refractivity contribution in [1.29, 1.82) is 5.26 Å². The smallest absolute Gasteiger partial charge is 0.216 e. The van der Waals surface area contributed by atoms with E-state index in [-0.39, 0.29) is 5.91 Å². The third kappa shape index (κ3) is 4.79. The highest BCUT2D eigenvalue weighted by atomic mass is 79.9. The van der Waals surface area contributed by atoms with Gasteiger partial charge in [-0.3, -0.25) is 4.79 Å². The van der Waals surface area contributed by atoms with Gasteiger partial charge in [-0.05, 0) is 66.9 Å². The van der Waals surface area contributed by atoms with Gasteiger partial charge in [0.2, 0.25) is 11.7 Å². The summed E-state index contributed by atoms with van der Waals surface area (Å²) in [5, 5.41) is 16.5. The average Bonchev–Trinajstić information content (AvgIpc) is 3.19. The first-order chi connectivity index (χ1) is 14.5. The van der Waals surface area contributed by atoms with E-state index in [0.29, 0.717) is 29.3 Å². The Morgan fingerprint density at radius 1 is 1.37 bits per heavy atom. The molecule has 2 aliphatic rings. The number of anilines is 1. The van der Waals surface area contributed by atoms with Crippen molar-refractivity contribution in [2.24, 2.45) is 5.92 Å². The fourth-order valence-corrected chi connectivity index (χ4v) is 5.32. The molecule has 4 rings (SSSR count). The number of piperidine rings is 1. The van der Waals surface area contributed by atoms with Crippen molar-refractivity contribution in [1.82, 2.24) is 15.2 Å². The highest BCUT2D eigenvalue weighted by Gasteiger charge is 2.30. The van der Waals surface area contributed by atoms with Crippen LogP contribution in [0.5, 0.6) is 0 Å². The number of pyridine rings is 1. The quantitative estimate of drug-likeness (QED) is 0.680. The number of likely N-dealkylation sites (tertiary alicyclic amines) is 1.